The number of phenols is 4. The number of ketones is 1. The second kappa shape index (κ2) is 46.9. The molecule has 0 aliphatic heterocycles. The first kappa shape index (κ1) is 102. The van der Waals surface area contributed by atoms with Gasteiger partial charge in [-0.05, 0) is 239 Å². The second-order valence-electron chi connectivity index (χ2n) is 30.6. The molecular weight excluding hydrogens is 1810 g/mol. The molecule has 0 spiro atoms. The van der Waals surface area contributed by atoms with Crippen molar-refractivity contribution in [1.29, 1.82) is 0 Å². The topological polar surface area (TPSA) is 285 Å². The van der Waals surface area contributed by atoms with Crippen LogP contribution >= 0.6 is 47.8 Å². The molecule has 0 aliphatic carbocycles. The molecule has 3 unspecified atom stereocenters. The number of benzene rings is 12. The Hall–Kier alpha value is -10.7. The fraction of sp³-hybridized carbons (Fsp3) is 0.296. The third kappa shape index (κ3) is 30.6. The largest absolute Gasteiger partial charge is 0.534 e. The van der Waals surface area contributed by atoms with Crippen molar-refractivity contribution in [3.8, 4) is 28.7 Å². The number of alkyl halides is 3. The number of carbonyl (C=O) groups is 5. The number of esters is 4. The van der Waals surface area contributed by atoms with E-state index in [2.05, 4.69) is 64.1 Å². The molecule has 5 N–H and O–H groups in total. The van der Waals surface area contributed by atoms with Crippen LogP contribution in [0.25, 0.3) is 53.9 Å². The lowest BCUT2D eigenvalue weighted by Gasteiger charge is -2.29. The zero-order valence-electron chi connectivity index (χ0n) is 72.3. The lowest BCUT2D eigenvalue weighted by Crippen LogP contribution is -2.31. The molecule has 0 fully saturated rings. The van der Waals surface area contributed by atoms with E-state index in [0.29, 0.717) is 57.4 Å². The van der Waals surface area contributed by atoms with Gasteiger partial charge in [0.05, 0.1) is 37.6 Å². The number of Topliss-reactive ketones (excluding diaryl/α,β-unsaturated/α-hetero) is 1. The van der Waals surface area contributed by atoms with Crippen molar-refractivity contribution in [1.82, 2.24) is 0 Å². The van der Waals surface area contributed by atoms with E-state index in [1.165, 1.54) is 24.6 Å². The van der Waals surface area contributed by atoms with Gasteiger partial charge in [-0.1, -0.05) is 211 Å². The molecule has 0 saturated carbocycles. The molecule has 12 rings (SSSR count). The summed E-state index contributed by atoms with van der Waals surface area (Å²) in [7, 11) is -6.00. The van der Waals surface area contributed by atoms with Gasteiger partial charge in [-0.2, -0.15) is 21.6 Å². The van der Waals surface area contributed by atoms with Gasteiger partial charge in [-0.15, -0.1) is 0 Å². The van der Waals surface area contributed by atoms with Crippen molar-refractivity contribution in [2.24, 2.45) is 0 Å². The molecule has 19 nitrogen and oxygen atoms in total. The number of allylic oxidation sites excluding steroid dienone is 1. The highest BCUT2D eigenvalue weighted by atomic mass is 79.9. The van der Waals surface area contributed by atoms with Crippen molar-refractivity contribution < 1.29 is 104 Å². The van der Waals surface area contributed by atoms with Gasteiger partial charge in [-0.3, -0.25) is 4.79 Å². The number of carbonyl (C=O) groups excluding carboxylic acids is 5. The third-order valence-electron chi connectivity index (χ3n) is 17.9. The number of ether oxygens (including phenoxy) is 6. The summed E-state index contributed by atoms with van der Waals surface area (Å²) >= 11 is 10.1. The fourth-order valence-electron chi connectivity index (χ4n) is 12.8. The van der Waals surface area contributed by atoms with Crippen LogP contribution in [0.15, 0.2) is 231 Å². The van der Waals surface area contributed by atoms with Crippen LogP contribution in [0, 0.1) is 34.6 Å². The molecule has 0 radical (unpaired) electrons. The van der Waals surface area contributed by atoms with Gasteiger partial charge in [0, 0.05) is 69.5 Å². The average Bonchev–Trinajstić information content (AvgIpc) is 0.760. The number of fused-ring (bicyclic) bond motifs is 5. The van der Waals surface area contributed by atoms with Crippen molar-refractivity contribution in [3.05, 3.63) is 287 Å². The Kier molecular flexibility index (Phi) is 38.6. The highest BCUT2D eigenvalue weighted by Gasteiger charge is 2.50. The Bertz CT molecular complexity index is 5840. The van der Waals surface area contributed by atoms with Gasteiger partial charge in [-0.25, -0.2) is 19.2 Å². The molecule has 0 amide bonds. The highest BCUT2D eigenvalue weighted by molar-refractivity contribution is 9.11. The number of phenolic OH excluding ortho intramolecular Hbond substituents is 4. The minimum absolute atomic E-state index is 0.00744. The first-order chi connectivity index (χ1) is 58.2. The zero-order valence-corrected chi connectivity index (χ0v) is 77.9. The fourth-order valence-corrected chi connectivity index (χ4v) is 14.1. The smallest absolute Gasteiger partial charge is 0.507 e. The lowest BCUT2D eigenvalue weighted by molar-refractivity contribution is -0.167. The molecule has 0 saturated heterocycles. The van der Waals surface area contributed by atoms with Gasteiger partial charge in [0.25, 0.3) is 0 Å². The normalized spacial score (nSPS) is 12.1. The van der Waals surface area contributed by atoms with E-state index in [1.54, 1.807) is 111 Å². The molecule has 124 heavy (non-hydrogen) atoms. The minimum atomic E-state index is -6.00. The van der Waals surface area contributed by atoms with Crippen LogP contribution in [0.2, 0.25) is 0 Å². The molecule has 26 heteroatoms. The maximum absolute atomic E-state index is 13.1. The van der Waals surface area contributed by atoms with E-state index in [0.717, 1.165) is 80.0 Å². The predicted molar refractivity (Wildman–Crippen MR) is 492 cm³/mol. The molecule has 0 aliphatic rings. The van der Waals surface area contributed by atoms with Crippen molar-refractivity contribution in [2.75, 3.05) is 26.4 Å². The summed E-state index contributed by atoms with van der Waals surface area (Å²) in [5.74, 6) is -2.09. The second-order valence-corrected chi connectivity index (χ2v) is 34.9. The zero-order chi connectivity index (χ0) is 92.3. The number of aryl methyl sites for hydroxylation is 5. The molecule has 0 heterocycles. The number of halogens is 6. The summed E-state index contributed by atoms with van der Waals surface area (Å²) in [6.07, 6.45) is -1.08. The van der Waals surface area contributed by atoms with Gasteiger partial charge >= 0.3 is 39.5 Å². The Morgan fingerprint density at radius 1 is 0.419 bits per heavy atom. The Morgan fingerprint density at radius 2 is 0.774 bits per heavy atom. The lowest BCUT2D eigenvalue weighted by atomic mass is 9.96. The van der Waals surface area contributed by atoms with Gasteiger partial charge in [0.15, 0.2) is 24.1 Å². The quantitative estimate of drug-likeness (QED) is 0.0165. The SMILES string of the molecule is CC(=O)Cc1ccc(Br)cc1.CCOC(=O)C(O)c1c(C)cc2ccccc2c1O.CCOC(=O)C(OC(C)(C)C)c1c(C)cc2ccccc2c1O.CCOC(=O)C(OC(C)(C)C)c1c(C)cc2ccccc2c1OS(=O)(=O)C(F)(F)F.CCOC(=O)C=C(C)Cc1ccc(Br)cc1.Cc1cc(O)c2cc(Br)ccc2c1.Cc1cc(O)c2ccccc2c1. The maximum atomic E-state index is 13.1. The average molecular weight is 1920 g/mol. The van der Waals surface area contributed by atoms with Crippen molar-refractivity contribution in [3.63, 3.8) is 0 Å². The first-order valence-corrected chi connectivity index (χ1v) is 43.4. The highest BCUT2D eigenvalue weighted by Crippen LogP contribution is 2.44. The summed E-state index contributed by atoms with van der Waals surface area (Å²) in [6, 6.07) is 63.5. The number of aliphatic hydroxyl groups excluding tert-OH is 1. The number of aliphatic hydroxyl groups is 1. The summed E-state index contributed by atoms with van der Waals surface area (Å²) in [6.45, 7) is 30.8. The molecule has 3 atom stereocenters. The van der Waals surface area contributed by atoms with E-state index in [1.807, 2.05) is 188 Å². The molecule has 660 valence electrons. The summed E-state index contributed by atoms with van der Waals surface area (Å²) in [5, 5.41) is 57.8. The van der Waals surface area contributed by atoms with Gasteiger partial charge in [0.1, 0.15) is 28.8 Å². The predicted octanol–water partition coefficient (Wildman–Crippen LogP) is 24.1. The Balaban J connectivity index is 0.000000230. The van der Waals surface area contributed by atoms with E-state index in [9.17, 15) is 71.1 Å². The van der Waals surface area contributed by atoms with Crippen LogP contribution in [-0.2, 0) is 75.4 Å². The molecular formula is C98H106Br3F3O19S. The minimum Gasteiger partial charge on any atom is -0.507 e. The monoisotopic (exact) mass is 1910 g/mol. The maximum Gasteiger partial charge on any atom is 0.534 e. The third-order valence-corrected chi connectivity index (χ3v) is 20.5. The number of aromatic hydroxyl groups is 4. The molecule has 12 aromatic carbocycles. The summed E-state index contributed by atoms with van der Waals surface area (Å²) < 4.78 is 102. The van der Waals surface area contributed by atoms with Crippen LogP contribution in [0.3, 0.4) is 0 Å². The molecule has 0 aromatic heterocycles. The molecule has 12 aromatic rings. The summed E-state index contributed by atoms with van der Waals surface area (Å²) in [5.41, 5.74) is 0.589. The Morgan fingerprint density at radius 3 is 1.21 bits per heavy atom. The number of rotatable bonds is 19. The van der Waals surface area contributed by atoms with Crippen LogP contribution in [-0.4, -0.2) is 107 Å². The van der Waals surface area contributed by atoms with Crippen LogP contribution in [0.1, 0.15) is 157 Å². The van der Waals surface area contributed by atoms with E-state index in [-0.39, 0.29) is 59.6 Å². The van der Waals surface area contributed by atoms with Crippen LogP contribution in [0.4, 0.5) is 13.2 Å². The Labute approximate surface area is 747 Å². The van der Waals surface area contributed by atoms with Crippen LogP contribution in [0.5, 0.6) is 28.7 Å². The number of hydrogen-bond acceptors (Lipinski definition) is 19. The van der Waals surface area contributed by atoms with E-state index < -0.39 is 68.8 Å². The van der Waals surface area contributed by atoms with Crippen LogP contribution < -0.4 is 4.18 Å². The van der Waals surface area contributed by atoms with Crippen molar-refractivity contribution >= 4 is 141 Å². The van der Waals surface area contributed by atoms with E-state index >= 15 is 0 Å². The number of hydrogen-bond donors (Lipinski definition) is 5. The first-order valence-electron chi connectivity index (χ1n) is 39.6. The van der Waals surface area contributed by atoms with Crippen molar-refractivity contribution in [2.45, 2.75) is 166 Å². The summed E-state index contributed by atoms with van der Waals surface area (Å²) in [4.78, 5) is 58.5. The van der Waals surface area contributed by atoms with Gasteiger partial charge < -0.3 is 58.1 Å². The molecule has 0 bridgehead atoms. The van der Waals surface area contributed by atoms with E-state index in [4.69, 9.17) is 28.4 Å². The van der Waals surface area contributed by atoms with Gasteiger partial charge in [0.2, 0.25) is 0 Å². The standard InChI is InChI=1S/C20H23F3O6S.C19H24O4.C15H16O4.C13H15BrO2.C11H9BrO.C11H10O.C9H9BrO/c1-6-27-18(24)17(28-19(3,4)5)15-12(2)11-13-9-7-8-10-14(13)16(15)29-30(25,26)20(21,22)23;1-6-22-18(21)17(23-19(3,4)5)15-12(2)11-13-9-7-8-10-14(13)16(15)20;1-3-19-15(18)14(17)12-9(2)8-10-6-4-5-7-11(10)13(12)16;1-3-16-13(15)9-10(2)8-11-4-6-12(14)7-5-11;1-7-4-8-2-3-9(12)6-10(8)11(13)5-7;1-8-6-9-4-2-3-5-10(9)11(12)7-8;1-7(11)6-8-2-4-9(10)5-3-8/h7-11,17H,6H2,1-5H3;7-11,17,20H,6H2,1-5H3;4-8,14,16-17H,3H2,1-2H3;4-7,9H,3,8H2,1-2H3;2-6,13H,1H3;2-7,12H,1H3;2-5H,6H2,1H3.